The predicted octanol–water partition coefficient (Wildman–Crippen LogP) is 0.476. The number of quaternary nitrogens is 1. The Bertz CT molecular complexity index is 348. The first-order chi connectivity index (χ1) is 7.74. The molecule has 0 saturated carbocycles. The number of hydrogen-bond donors (Lipinski definition) is 2. The monoisotopic (exact) mass is 218 g/mol. The third-order valence-corrected chi connectivity index (χ3v) is 2.61. The summed E-state index contributed by atoms with van der Waals surface area (Å²) < 4.78 is 0. The lowest BCUT2D eigenvalue weighted by atomic mass is 10.2. The van der Waals surface area contributed by atoms with Gasteiger partial charge in [0.15, 0.2) is 0 Å². The normalized spacial score (nSPS) is 12.0. The van der Waals surface area contributed by atoms with E-state index in [1.54, 1.807) is 0 Å². The van der Waals surface area contributed by atoms with Crippen molar-refractivity contribution in [1.82, 2.24) is 0 Å². The van der Waals surface area contributed by atoms with E-state index in [0.717, 1.165) is 13.1 Å². The van der Waals surface area contributed by atoms with Gasteiger partial charge in [-0.3, -0.25) is 0 Å². The minimum Gasteiger partial charge on any atom is -0.384 e. The molecule has 1 aromatic carbocycles. The largest absolute Gasteiger partial charge is 0.384 e. The second-order valence-corrected chi connectivity index (χ2v) is 4.16. The van der Waals surface area contributed by atoms with Gasteiger partial charge in [-0.05, 0) is 19.8 Å². The van der Waals surface area contributed by atoms with Gasteiger partial charge in [-0.2, -0.15) is 0 Å². The maximum atomic E-state index is 8.62. The third kappa shape index (κ3) is 4.48. The number of hydrogen-bond acceptors (Lipinski definition) is 1. The predicted molar refractivity (Wildman–Crippen MR) is 66.0 cm³/mol. The second kappa shape index (κ2) is 7.05. The van der Waals surface area contributed by atoms with Gasteiger partial charge in [0.05, 0.1) is 6.04 Å². The molecule has 0 heterocycles. The van der Waals surface area contributed by atoms with E-state index in [2.05, 4.69) is 50.0 Å². The molecule has 0 radical (unpaired) electrons. The van der Waals surface area contributed by atoms with Crippen LogP contribution >= 0.6 is 0 Å². The minimum absolute atomic E-state index is 0.0449. The van der Waals surface area contributed by atoms with Crippen LogP contribution in [0.1, 0.15) is 19.4 Å². The Morgan fingerprint density at radius 1 is 1.19 bits per heavy atom. The van der Waals surface area contributed by atoms with Crippen molar-refractivity contribution in [3.05, 3.63) is 35.9 Å². The Balaban J connectivity index is 2.58. The van der Waals surface area contributed by atoms with Gasteiger partial charge < -0.3 is 10.0 Å². The summed E-state index contributed by atoms with van der Waals surface area (Å²) in [7, 11) is 0. The molecular formula is C14H20NO+. The lowest BCUT2D eigenvalue weighted by molar-refractivity contribution is -0.928. The van der Waals surface area contributed by atoms with Gasteiger partial charge in [0.25, 0.3) is 0 Å². The molecular weight excluding hydrogens is 198 g/mol. The van der Waals surface area contributed by atoms with Crippen molar-refractivity contribution in [2.45, 2.75) is 26.4 Å². The molecule has 1 atom stereocenters. The van der Waals surface area contributed by atoms with Crippen LogP contribution in [0.5, 0.6) is 0 Å². The van der Waals surface area contributed by atoms with Crippen LogP contribution in [0.15, 0.2) is 30.3 Å². The van der Waals surface area contributed by atoms with Crippen LogP contribution in [0, 0.1) is 11.8 Å². The van der Waals surface area contributed by atoms with E-state index < -0.39 is 0 Å². The van der Waals surface area contributed by atoms with Crippen LogP contribution in [0.2, 0.25) is 0 Å². The van der Waals surface area contributed by atoms with Gasteiger partial charge in [0, 0.05) is 5.56 Å². The molecule has 2 N–H and O–H groups in total. The van der Waals surface area contributed by atoms with E-state index in [1.807, 2.05) is 6.07 Å². The Kier molecular flexibility index (Phi) is 5.63. The quantitative estimate of drug-likeness (QED) is 0.706. The molecule has 0 aliphatic rings. The standard InChI is InChI=1S/C14H19NO/c1-13(2)15(10-6-7-11-16)12-14-8-4-3-5-9-14/h3-5,8-9,13,16H,10-12H2,1-2H3/p+1. The molecule has 0 aromatic heterocycles. The number of rotatable bonds is 4. The van der Waals surface area contributed by atoms with E-state index in [9.17, 15) is 0 Å². The maximum absolute atomic E-state index is 8.62. The molecule has 0 aliphatic heterocycles. The molecule has 86 valence electrons. The fourth-order valence-corrected chi connectivity index (χ4v) is 1.56. The van der Waals surface area contributed by atoms with E-state index in [-0.39, 0.29) is 6.61 Å². The molecule has 2 heteroatoms. The average molecular weight is 218 g/mol. The van der Waals surface area contributed by atoms with E-state index in [1.165, 1.54) is 10.5 Å². The molecule has 0 amide bonds. The Labute approximate surface area is 97.9 Å². The topological polar surface area (TPSA) is 24.7 Å². The summed E-state index contributed by atoms with van der Waals surface area (Å²) in [5, 5.41) is 8.62. The van der Waals surface area contributed by atoms with Crippen molar-refractivity contribution < 1.29 is 10.0 Å². The fourth-order valence-electron chi connectivity index (χ4n) is 1.56. The Hall–Kier alpha value is -1.30. The van der Waals surface area contributed by atoms with Crippen molar-refractivity contribution in [3.8, 4) is 11.8 Å². The summed E-state index contributed by atoms with van der Waals surface area (Å²) in [5.41, 5.74) is 1.33. The molecule has 16 heavy (non-hydrogen) atoms. The van der Waals surface area contributed by atoms with Crippen molar-refractivity contribution in [2.75, 3.05) is 13.2 Å². The second-order valence-electron chi connectivity index (χ2n) is 4.16. The Morgan fingerprint density at radius 3 is 2.44 bits per heavy atom. The first kappa shape index (κ1) is 12.8. The number of nitrogens with one attached hydrogen (secondary N) is 1. The van der Waals surface area contributed by atoms with E-state index in [0.29, 0.717) is 6.04 Å². The van der Waals surface area contributed by atoms with Crippen LogP contribution in [0.3, 0.4) is 0 Å². The summed E-state index contributed by atoms with van der Waals surface area (Å²) in [6.45, 7) is 6.11. The van der Waals surface area contributed by atoms with E-state index >= 15 is 0 Å². The van der Waals surface area contributed by atoms with Crippen LogP contribution < -0.4 is 4.90 Å². The van der Waals surface area contributed by atoms with Crippen LogP contribution in [0.25, 0.3) is 0 Å². The van der Waals surface area contributed by atoms with Crippen molar-refractivity contribution in [2.24, 2.45) is 0 Å². The summed E-state index contributed by atoms with van der Waals surface area (Å²) in [6, 6.07) is 11.0. The lowest BCUT2D eigenvalue weighted by Crippen LogP contribution is -3.13. The first-order valence-corrected chi connectivity index (χ1v) is 5.69. The zero-order chi connectivity index (χ0) is 11.8. The molecule has 0 aliphatic carbocycles. The van der Waals surface area contributed by atoms with Crippen LogP contribution in [0.4, 0.5) is 0 Å². The molecule has 0 spiro atoms. The molecule has 2 nitrogen and oxygen atoms in total. The average Bonchev–Trinajstić information content (AvgIpc) is 2.29. The molecule has 0 fully saturated rings. The molecule has 0 bridgehead atoms. The van der Waals surface area contributed by atoms with Crippen LogP contribution in [-0.4, -0.2) is 24.3 Å². The first-order valence-electron chi connectivity index (χ1n) is 5.69. The zero-order valence-electron chi connectivity index (χ0n) is 10.0. The lowest BCUT2D eigenvalue weighted by Gasteiger charge is -2.21. The highest BCUT2D eigenvalue weighted by molar-refractivity contribution is 5.13. The maximum Gasteiger partial charge on any atom is 0.139 e. The summed E-state index contributed by atoms with van der Waals surface area (Å²) in [5.74, 6) is 5.70. The highest BCUT2D eigenvalue weighted by Crippen LogP contribution is 1.95. The zero-order valence-corrected chi connectivity index (χ0v) is 10.0. The van der Waals surface area contributed by atoms with Gasteiger partial charge in [-0.1, -0.05) is 36.3 Å². The SMILES string of the molecule is CC(C)[NH+](CC#CCO)Cc1ccccc1. The van der Waals surface area contributed by atoms with Crippen molar-refractivity contribution >= 4 is 0 Å². The molecule has 1 unspecified atom stereocenters. The minimum atomic E-state index is -0.0449. The number of aliphatic hydroxyl groups is 1. The summed E-state index contributed by atoms with van der Waals surface area (Å²) >= 11 is 0. The van der Waals surface area contributed by atoms with Gasteiger partial charge in [0.1, 0.15) is 19.7 Å². The fraction of sp³-hybridized carbons (Fsp3) is 0.429. The van der Waals surface area contributed by atoms with Gasteiger partial charge in [-0.15, -0.1) is 0 Å². The van der Waals surface area contributed by atoms with Gasteiger partial charge in [0.2, 0.25) is 0 Å². The molecule has 1 aromatic rings. The van der Waals surface area contributed by atoms with Gasteiger partial charge in [-0.25, -0.2) is 0 Å². The van der Waals surface area contributed by atoms with Gasteiger partial charge >= 0.3 is 0 Å². The molecule has 1 rings (SSSR count). The molecule has 0 saturated heterocycles. The van der Waals surface area contributed by atoms with Crippen LogP contribution in [-0.2, 0) is 6.54 Å². The highest BCUT2D eigenvalue weighted by Gasteiger charge is 2.11. The number of benzene rings is 1. The smallest absolute Gasteiger partial charge is 0.139 e. The highest BCUT2D eigenvalue weighted by atomic mass is 16.2. The van der Waals surface area contributed by atoms with E-state index in [4.69, 9.17) is 5.11 Å². The van der Waals surface area contributed by atoms with Crippen molar-refractivity contribution in [1.29, 1.82) is 0 Å². The number of aliphatic hydroxyl groups excluding tert-OH is 1. The third-order valence-electron chi connectivity index (χ3n) is 2.61. The van der Waals surface area contributed by atoms with Crippen molar-refractivity contribution in [3.63, 3.8) is 0 Å². The summed E-state index contributed by atoms with van der Waals surface area (Å²) in [4.78, 5) is 1.42. The summed E-state index contributed by atoms with van der Waals surface area (Å²) in [6.07, 6.45) is 0. The Morgan fingerprint density at radius 2 is 1.88 bits per heavy atom.